The summed E-state index contributed by atoms with van der Waals surface area (Å²) in [5.74, 6) is -0.0472. The summed E-state index contributed by atoms with van der Waals surface area (Å²) < 4.78 is 0.414. The molecule has 0 aliphatic carbocycles. The van der Waals surface area contributed by atoms with Gasteiger partial charge in [0.2, 0.25) is 0 Å². The van der Waals surface area contributed by atoms with Crippen LogP contribution in [0.4, 0.5) is 5.69 Å². The lowest BCUT2D eigenvalue weighted by Gasteiger charge is -2.02. The Hall–Kier alpha value is -1.86. The van der Waals surface area contributed by atoms with Gasteiger partial charge in [-0.1, -0.05) is 11.6 Å². The second kappa shape index (κ2) is 5.41. The van der Waals surface area contributed by atoms with Crippen LogP contribution >= 0.6 is 27.5 Å². The van der Waals surface area contributed by atoms with Crippen molar-refractivity contribution in [1.82, 2.24) is 9.97 Å². The lowest BCUT2D eigenvalue weighted by molar-refractivity contribution is 0.471. The molecular weight excluding hydrogens is 337 g/mol. The number of aromatic hydroxyl groups is 1. The van der Waals surface area contributed by atoms with Crippen LogP contribution in [0.1, 0.15) is 5.56 Å². The Labute approximate surface area is 119 Å². The molecule has 0 unspecified atom stereocenters. The maximum atomic E-state index is 11.4. The molecule has 19 heavy (non-hydrogen) atoms. The van der Waals surface area contributed by atoms with Crippen molar-refractivity contribution in [3.63, 3.8) is 0 Å². The topological polar surface area (TPSA) is 98.3 Å². The van der Waals surface area contributed by atoms with E-state index in [9.17, 15) is 14.7 Å². The molecule has 0 saturated heterocycles. The summed E-state index contributed by atoms with van der Waals surface area (Å²) in [4.78, 5) is 30.4. The Morgan fingerprint density at radius 2 is 2.11 bits per heavy atom. The van der Waals surface area contributed by atoms with Crippen LogP contribution in [0.25, 0.3) is 0 Å². The molecule has 0 fully saturated rings. The average molecular weight is 345 g/mol. The summed E-state index contributed by atoms with van der Waals surface area (Å²) in [5.41, 5.74) is -0.891. The third-order valence-corrected chi connectivity index (χ3v) is 3.02. The number of aromatic nitrogens is 2. The number of rotatable bonds is 2. The molecule has 8 heteroatoms. The van der Waals surface area contributed by atoms with Gasteiger partial charge in [0.05, 0.1) is 4.47 Å². The number of nitrogens with one attached hydrogen (secondary N) is 2. The number of phenolic OH excluding ortho intramolecular Hbond substituents is 1. The number of aromatic amines is 2. The summed E-state index contributed by atoms with van der Waals surface area (Å²) in [5, 5.41) is 10.2. The van der Waals surface area contributed by atoms with E-state index in [4.69, 9.17) is 11.6 Å². The first-order valence-corrected chi connectivity index (χ1v) is 6.18. The minimum atomic E-state index is -0.624. The Morgan fingerprint density at radius 1 is 1.37 bits per heavy atom. The fraction of sp³-hybridized carbons (Fsp3) is 0. The fourth-order valence-corrected chi connectivity index (χ4v) is 2.16. The molecule has 1 aromatic heterocycles. The van der Waals surface area contributed by atoms with Gasteiger partial charge in [0.25, 0.3) is 5.56 Å². The highest BCUT2D eigenvalue weighted by Gasteiger charge is 2.06. The van der Waals surface area contributed by atoms with E-state index in [2.05, 4.69) is 25.9 Å². The minimum absolute atomic E-state index is 0.00935. The molecule has 2 rings (SSSR count). The van der Waals surface area contributed by atoms with E-state index in [1.54, 1.807) is 0 Å². The van der Waals surface area contributed by atoms with Gasteiger partial charge in [0, 0.05) is 23.0 Å². The second-order valence-electron chi connectivity index (χ2n) is 3.54. The molecule has 0 aliphatic heterocycles. The van der Waals surface area contributed by atoms with Crippen LogP contribution in [0.5, 0.6) is 5.75 Å². The van der Waals surface area contributed by atoms with Crippen molar-refractivity contribution in [2.45, 2.75) is 0 Å². The third-order valence-electron chi connectivity index (χ3n) is 2.20. The highest BCUT2D eigenvalue weighted by Crippen LogP contribution is 2.30. The van der Waals surface area contributed by atoms with Crippen molar-refractivity contribution in [2.75, 3.05) is 0 Å². The van der Waals surface area contributed by atoms with Gasteiger partial charge in [-0.2, -0.15) is 0 Å². The molecule has 2 aromatic rings. The van der Waals surface area contributed by atoms with Gasteiger partial charge in [-0.15, -0.1) is 0 Å². The van der Waals surface area contributed by atoms with E-state index in [1.165, 1.54) is 24.5 Å². The lowest BCUT2D eigenvalue weighted by atomic mass is 10.2. The number of aliphatic imine (C=N–C) groups is 1. The Kier molecular flexibility index (Phi) is 3.87. The zero-order valence-corrected chi connectivity index (χ0v) is 11.6. The lowest BCUT2D eigenvalue weighted by Crippen LogP contribution is -2.20. The largest absolute Gasteiger partial charge is 0.506 e. The van der Waals surface area contributed by atoms with Crippen LogP contribution in [0.3, 0.4) is 0 Å². The molecule has 3 N–H and O–H groups in total. The standard InChI is InChI=1S/C11H7BrClN3O3/c12-7-2-6(13)1-5(9(7)17)3-14-8-4-15-11(19)16-10(8)18/h1-4,17H,(H2,15,16,18,19). The number of H-pyrrole nitrogens is 2. The summed E-state index contributed by atoms with van der Waals surface area (Å²) in [7, 11) is 0. The van der Waals surface area contributed by atoms with E-state index < -0.39 is 11.2 Å². The molecule has 0 amide bonds. The maximum absolute atomic E-state index is 11.4. The predicted octanol–water partition coefficient (Wildman–Crippen LogP) is 1.94. The molecule has 1 aromatic carbocycles. The first-order chi connectivity index (χ1) is 8.97. The number of benzene rings is 1. The first-order valence-electron chi connectivity index (χ1n) is 5.01. The van der Waals surface area contributed by atoms with E-state index in [1.807, 2.05) is 4.98 Å². The Bertz CT molecular complexity index is 767. The SMILES string of the molecule is O=c1[nH]cc(N=Cc2cc(Cl)cc(Br)c2O)c(=O)[nH]1. The van der Waals surface area contributed by atoms with E-state index in [-0.39, 0.29) is 11.4 Å². The maximum Gasteiger partial charge on any atom is 0.325 e. The third kappa shape index (κ3) is 3.12. The summed E-state index contributed by atoms with van der Waals surface area (Å²) in [6.07, 6.45) is 2.45. The van der Waals surface area contributed by atoms with Crippen LogP contribution in [-0.2, 0) is 0 Å². The van der Waals surface area contributed by atoms with Crippen LogP contribution in [-0.4, -0.2) is 21.3 Å². The van der Waals surface area contributed by atoms with Crippen molar-refractivity contribution in [3.8, 4) is 5.75 Å². The predicted molar refractivity (Wildman–Crippen MR) is 75.8 cm³/mol. The van der Waals surface area contributed by atoms with Crippen molar-refractivity contribution in [2.24, 2.45) is 4.99 Å². The van der Waals surface area contributed by atoms with Crippen molar-refractivity contribution < 1.29 is 5.11 Å². The van der Waals surface area contributed by atoms with Gasteiger partial charge < -0.3 is 10.1 Å². The van der Waals surface area contributed by atoms with Gasteiger partial charge >= 0.3 is 5.69 Å². The van der Waals surface area contributed by atoms with Gasteiger partial charge in [0.15, 0.2) is 0 Å². The Morgan fingerprint density at radius 3 is 2.79 bits per heavy atom. The van der Waals surface area contributed by atoms with Gasteiger partial charge in [-0.25, -0.2) is 9.79 Å². The van der Waals surface area contributed by atoms with Crippen LogP contribution in [0, 0.1) is 0 Å². The minimum Gasteiger partial charge on any atom is -0.506 e. The molecule has 0 aliphatic rings. The molecule has 0 atom stereocenters. The van der Waals surface area contributed by atoms with E-state index in [0.717, 1.165) is 0 Å². The number of phenols is 1. The Balaban J connectivity index is 2.43. The van der Waals surface area contributed by atoms with Crippen molar-refractivity contribution >= 4 is 39.4 Å². The van der Waals surface area contributed by atoms with Crippen molar-refractivity contribution in [1.29, 1.82) is 0 Å². The normalized spacial score (nSPS) is 11.1. The summed E-state index contributed by atoms with van der Waals surface area (Å²) >= 11 is 8.97. The molecular formula is C11H7BrClN3O3. The first kappa shape index (κ1) is 13.6. The molecule has 0 radical (unpaired) electrons. The average Bonchev–Trinajstić information content (AvgIpc) is 2.33. The number of nitrogens with zero attached hydrogens (tertiary/aromatic N) is 1. The highest BCUT2D eigenvalue weighted by atomic mass is 79.9. The van der Waals surface area contributed by atoms with Gasteiger partial charge in [-0.05, 0) is 28.1 Å². The van der Waals surface area contributed by atoms with Gasteiger partial charge in [0.1, 0.15) is 11.4 Å². The fourth-order valence-electron chi connectivity index (χ4n) is 1.32. The molecule has 0 saturated carbocycles. The molecule has 0 bridgehead atoms. The molecule has 98 valence electrons. The van der Waals surface area contributed by atoms with E-state index >= 15 is 0 Å². The smallest absolute Gasteiger partial charge is 0.325 e. The summed E-state index contributed by atoms with van der Waals surface area (Å²) in [6.45, 7) is 0. The van der Waals surface area contributed by atoms with Gasteiger partial charge in [-0.3, -0.25) is 9.78 Å². The molecule has 1 heterocycles. The zero-order valence-electron chi connectivity index (χ0n) is 9.28. The number of halogens is 2. The second-order valence-corrected chi connectivity index (χ2v) is 4.83. The monoisotopic (exact) mass is 343 g/mol. The summed E-state index contributed by atoms with van der Waals surface area (Å²) in [6, 6.07) is 3.02. The van der Waals surface area contributed by atoms with Crippen LogP contribution < -0.4 is 11.2 Å². The molecule has 6 nitrogen and oxygen atoms in total. The quantitative estimate of drug-likeness (QED) is 0.726. The molecule has 0 spiro atoms. The number of hydrogen-bond donors (Lipinski definition) is 3. The highest BCUT2D eigenvalue weighted by molar-refractivity contribution is 9.10. The van der Waals surface area contributed by atoms with E-state index in [0.29, 0.717) is 15.1 Å². The van der Waals surface area contributed by atoms with Crippen LogP contribution in [0.15, 0.2) is 37.4 Å². The van der Waals surface area contributed by atoms with Crippen LogP contribution in [0.2, 0.25) is 5.02 Å². The number of hydrogen-bond acceptors (Lipinski definition) is 4. The zero-order chi connectivity index (χ0) is 14.0. The van der Waals surface area contributed by atoms with Crippen molar-refractivity contribution in [3.05, 3.63) is 54.2 Å².